The molecule has 1 saturated heterocycles. The van der Waals surface area contributed by atoms with E-state index in [9.17, 15) is 9.59 Å². The molecule has 8 nitrogen and oxygen atoms in total. The first kappa shape index (κ1) is 25.1. The summed E-state index contributed by atoms with van der Waals surface area (Å²) in [6.45, 7) is 6.11. The van der Waals surface area contributed by atoms with E-state index in [-0.39, 0.29) is 23.5 Å². The van der Waals surface area contributed by atoms with Gasteiger partial charge in [-0.1, -0.05) is 30.3 Å². The van der Waals surface area contributed by atoms with E-state index in [4.69, 9.17) is 16.3 Å². The Bertz CT molecular complexity index is 973. The Kier molecular flexibility index (Phi) is 9.20. The van der Waals surface area contributed by atoms with Crippen LogP contribution in [0, 0.1) is 12.8 Å². The smallest absolute Gasteiger partial charge is 0.234 e. The highest BCUT2D eigenvalue weighted by molar-refractivity contribution is 7.99. The molecule has 0 spiro atoms. The predicted octanol–water partition coefficient (Wildman–Crippen LogP) is 3.92. The van der Waals surface area contributed by atoms with E-state index >= 15 is 0 Å². The van der Waals surface area contributed by atoms with Gasteiger partial charge in [-0.3, -0.25) is 9.59 Å². The van der Waals surface area contributed by atoms with Crippen LogP contribution in [0.4, 0.5) is 11.5 Å². The Hall–Kier alpha value is -2.52. The van der Waals surface area contributed by atoms with E-state index in [1.807, 2.05) is 26.0 Å². The molecule has 0 bridgehead atoms. The van der Waals surface area contributed by atoms with Crippen LogP contribution in [0.3, 0.4) is 0 Å². The summed E-state index contributed by atoms with van der Waals surface area (Å²) in [6.07, 6.45) is 2.76. The van der Waals surface area contributed by atoms with E-state index in [0.717, 1.165) is 37.2 Å². The molecule has 1 fully saturated rings. The lowest BCUT2D eigenvalue weighted by Crippen LogP contribution is -2.43. The molecule has 3 rings (SSSR count). The number of piperidine rings is 1. The molecule has 1 atom stereocenters. The predicted molar refractivity (Wildman–Crippen MR) is 132 cm³/mol. The second-order valence-corrected chi connectivity index (χ2v) is 9.35. The van der Waals surface area contributed by atoms with Crippen molar-refractivity contribution in [1.82, 2.24) is 15.5 Å². The largest absolute Gasteiger partial charge is 0.495 e. The standard InChI is InChI=1S/C23H30ClN5O3S/c1-4-9-25-23(31)16-6-5-10-29(13-16)20-7-8-22(28-27-20)33-14-21(30)26-18-11-15(2)17(24)12-19(18)32-3/h7-8,11-12,16H,4-6,9-10,13-14H2,1-3H3,(H,25,31)(H,26,30). The van der Waals surface area contributed by atoms with Gasteiger partial charge < -0.3 is 20.3 Å². The van der Waals surface area contributed by atoms with Crippen molar-refractivity contribution in [2.75, 3.05) is 42.7 Å². The number of aryl methyl sites for hydroxylation is 1. The number of carbonyl (C=O) groups excluding carboxylic acids is 2. The van der Waals surface area contributed by atoms with Crippen molar-refractivity contribution in [1.29, 1.82) is 0 Å². The molecule has 1 aromatic carbocycles. The molecule has 0 aliphatic carbocycles. The van der Waals surface area contributed by atoms with Gasteiger partial charge in [-0.05, 0) is 49.9 Å². The second-order valence-electron chi connectivity index (χ2n) is 7.94. The summed E-state index contributed by atoms with van der Waals surface area (Å²) < 4.78 is 5.30. The molecule has 2 aromatic rings. The van der Waals surface area contributed by atoms with Crippen LogP contribution in [0.2, 0.25) is 5.02 Å². The van der Waals surface area contributed by atoms with Crippen LogP contribution >= 0.6 is 23.4 Å². The lowest BCUT2D eigenvalue weighted by atomic mass is 9.97. The van der Waals surface area contributed by atoms with Crippen LogP contribution in [-0.2, 0) is 9.59 Å². The van der Waals surface area contributed by atoms with Crippen molar-refractivity contribution >= 4 is 46.7 Å². The Labute approximate surface area is 203 Å². The van der Waals surface area contributed by atoms with Gasteiger partial charge in [0.25, 0.3) is 0 Å². The van der Waals surface area contributed by atoms with Gasteiger partial charge in [-0.15, -0.1) is 10.2 Å². The number of methoxy groups -OCH3 is 1. The number of thioether (sulfide) groups is 1. The molecule has 33 heavy (non-hydrogen) atoms. The minimum atomic E-state index is -0.178. The quantitative estimate of drug-likeness (QED) is 0.513. The van der Waals surface area contributed by atoms with Crippen LogP contribution in [-0.4, -0.2) is 54.5 Å². The third-order valence-electron chi connectivity index (χ3n) is 5.40. The third kappa shape index (κ3) is 6.98. The van der Waals surface area contributed by atoms with Gasteiger partial charge in [-0.2, -0.15) is 0 Å². The molecule has 1 aliphatic rings. The number of aromatic nitrogens is 2. The normalized spacial score (nSPS) is 15.8. The van der Waals surface area contributed by atoms with Gasteiger partial charge >= 0.3 is 0 Å². The first-order valence-corrected chi connectivity index (χ1v) is 12.4. The van der Waals surface area contributed by atoms with E-state index in [1.54, 1.807) is 12.1 Å². The maximum absolute atomic E-state index is 12.4. The van der Waals surface area contributed by atoms with Gasteiger partial charge in [0.15, 0.2) is 5.82 Å². The maximum atomic E-state index is 12.4. The van der Waals surface area contributed by atoms with Crippen LogP contribution < -0.4 is 20.3 Å². The van der Waals surface area contributed by atoms with Gasteiger partial charge in [0.1, 0.15) is 10.8 Å². The zero-order valence-corrected chi connectivity index (χ0v) is 20.8. The fraction of sp³-hybridized carbons (Fsp3) is 0.478. The van der Waals surface area contributed by atoms with E-state index in [1.165, 1.54) is 18.9 Å². The number of anilines is 2. The minimum Gasteiger partial charge on any atom is -0.495 e. The van der Waals surface area contributed by atoms with Crippen molar-refractivity contribution in [3.05, 3.63) is 34.9 Å². The number of amides is 2. The average Bonchev–Trinajstić information content (AvgIpc) is 2.83. The summed E-state index contributed by atoms with van der Waals surface area (Å²) in [5.41, 5.74) is 1.43. The summed E-state index contributed by atoms with van der Waals surface area (Å²) in [4.78, 5) is 26.8. The highest BCUT2D eigenvalue weighted by atomic mass is 35.5. The van der Waals surface area contributed by atoms with Gasteiger partial charge in [0.2, 0.25) is 11.8 Å². The molecule has 0 saturated carbocycles. The molecule has 2 N–H and O–H groups in total. The zero-order valence-electron chi connectivity index (χ0n) is 19.2. The number of nitrogens with one attached hydrogen (secondary N) is 2. The number of ether oxygens (including phenoxy) is 1. The topological polar surface area (TPSA) is 96.5 Å². The van der Waals surface area contributed by atoms with Crippen LogP contribution in [0.1, 0.15) is 31.7 Å². The highest BCUT2D eigenvalue weighted by Gasteiger charge is 2.26. The van der Waals surface area contributed by atoms with Crippen molar-refractivity contribution < 1.29 is 14.3 Å². The van der Waals surface area contributed by atoms with Crippen molar-refractivity contribution in [2.45, 2.75) is 38.1 Å². The third-order valence-corrected chi connectivity index (χ3v) is 6.72. The molecule has 0 radical (unpaired) electrons. The van der Waals surface area contributed by atoms with Gasteiger partial charge in [0.05, 0.1) is 24.5 Å². The fourth-order valence-electron chi connectivity index (χ4n) is 3.61. The van der Waals surface area contributed by atoms with Crippen LogP contribution in [0.5, 0.6) is 5.75 Å². The molecule has 178 valence electrons. The van der Waals surface area contributed by atoms with Gasteiger partial charge in [0, 0.05) is 30.7 Å². The Morgan fingerprint density at radius 3 is 2.82 bits per heavy atom. The molecular formula is C23H30ClN5O3S. The van der Waals surface area contributed by atoms with Crippen molar-refractivity contribution in [3.8, 4) is 5.75 Å². The number of hydrogen-bond donors (Lipinski definition) is 2. The molecule has 2 amide bonds. The summed E-state index contributed by atoms with van der Waals surface area (Å²) in [5.74, 6) is 1.35. The first-order chi connectivity index (χ1) is 15.9. The molecule has 2 heterocycles. The summed E-state index contributed by atoms with van der Waals surface area (Å²) >= 11 is 7.42. The minimum absolute atomic E-state index is 0.0293. The average molecular weight is 492 g/mol. The monoisotopic (exact) mass is 491 g/mol. The first-order valence-electron chi connectivity index (χ1n) is 11.0. The molecule has 1 aromatic heterocycles. The highest BCUT2D eigenvalue weighted by Crippen LogP contribution is 2.31. The molecule has 1 aliphatic heterocycles. The summed E-state index contributed by atoms with van der Waals surface area (Å²) in [7, 11) is 1.53. The number of nitrogens with zero attached hydrogens (tertiary/aromatic N) is 3. The summed E-state index contributed by atoms with van der Waals surface area (Å²) in [6, 6.07) is 7.22. The number of rotatable bonds is 9. The number of halogens is 1. The number of hydrogen-bond acceptors (Lipinski definition) is 7. The maximum Gasteiger partial charge on any atom is 0.234 e. The Morgan fingerprint density at radius 2 is 2.12 bits per heavy atom. The van der Waals surface area contributed by atoms with Crippen molar-refractivity contribution in [2.24, 2.45) is 5.92 Å². The van der Waals surface area contributed by atoms with Crippen LogP contribution in [0.15, 0.2) is 29.3 Å². The Morgan fingerprint density at radius 1 is 1.30 bits per heavy atom. The van der Waals surface area contributed by atoms with Crippen molar-refractivity contribution in [3.63, 3.8) is 0 Å². The SMILES string of the molecule is CCCNC(=O)C1CCCN(c2ccc(SCC(=O)Nc3cc(C)c(Cl)cc3OC)nn2)C1. The number of carbonyl (C=O) groups is 2. The van der Waals surface area contributed by atoms with Crippen LogP contribution in [0.25, 0.3) is 0 Å². The number of benzene rings is 1. The lowest BCUT2D eigenvalue weighted by Gasteiger charge is -2.32. The van der Waals surface area contributed by atoms with Gasteiger partial charge in [-0.25, -0.2) is 0 Å². The molecular weight excluding hydrogens is 462 g/mol. The van der Waals surface area contributed by atoms with E-state index in [2.05, 4.69) is 25.7 Å². The van der Waals surface area contributed by atoms with E-state index < -0.39 is 0 Å². The summed E-state index contributed by atoms with van der Waals surface area (Å²) in [5, 5.41) is 15.7. The second kappa shape index (κ2) is 12.1. The Balaban J connectivity index is 1.53. The fourth-order valence-corrected chi connectivity index (χ4v) is 4.37. The van der Waals surface area contributed by atoms with E-state index in [0.29, 0.717) is 34.6 Å². The zero-order chi connectivity index (χ0) is 23.8. The molecule has 1 unspecified atom stereocenters. The lowest BCUT2D eigenvalue weighted by molar-refractivity contribution is -0.125. The molecule has 10 heteroatoms.